The highest BCUT2D eigenvalue weighted by Gasteiger charge is 2.10. The van der Waals surface area contributed by atoms with E-state index in [1.807, 2.05) is 24.3 Å². The Hall–Kier alpha value is -5.21. The molecule has 0 spiro atoms. The summed E-state index contributed by atoms with van der Waals surface area (Å²) in [5.74, 6) is 1.21. The lowest BCUT2D eigenvalue weighted by molar-refractivity contribution is -0.138. The van der Waals surface area contributed by atoms with Gasteiger partial charge < -0.3 is 28.7 Å². The largest absolute Gasteiger partial charge is 0.494 e. The van der Waals surface area contributed by atoms with Gasteiger partial charge in [-0.05, 0) is 149 Å². The maximum Gasteiger partial charge on any atom is 0.330 e. The number of benzene rings is 4. The molecule has 6 rings (SSSR count). The van der Waals surface area contributed by atoms with Gasteiger partial charge in [-0.3, -0.25) is 0 Å². The van der Waals surface area contributed by atoms with Crippen molar-refractivity contribution in [2.45, 2.75) is 72.1 Å². The number of hydrogen-bond donors (Lipinski definition) is 0. The maximum atomic E-state index is 11.4. The number of carbonyl (C=O) groups is 2. The normalized spacial score (nSPS) is 13.7. The minimum Gasteiger partial charge on any atom is -0.494 e. The zero-order valence-corrected chi connectivity index (χ0v) is 38.7. The number of piperidine rings is 2. The molecule has 0 saturated carbocycles. The maximum absolute atomic E-state index is 11.4. The van der Waals surface area contributed by atoms with Gasteiger partial charge in [-0.1, -0.05) is 96.0 Å². The molecule has 2 fully saturated rings. The zero-order chi connectivity index (χ0) is 44.6. The third kappa shape index (κ3) is 21.5. The second kappa shape index (κ2) is 31.6. The summed E-state index contributed by atoms with van der Waals surface area (Å²) in [4.78, 5) is 26.6. The molecule has 2 saturated heterocycles. The number of hydrogen-bond acceptors (Lipinski definition) is 9. The van der Waals surface area contributed by atoms with Gasteiger partial charge in [0.05, 0.1) is 32.5 Å². The first-order chi connectivity index (χ1) is 30.3. The summed E-state index contributed by atoms with van der Waals surface area (Å²) in [6.07, 6.45) is 14.7. The molecule has 10 heteroatoms. The Morgan fingerprint density at radius 1 is 0.645 bits per heavy atom. The Labute approximate surface area is 380 Å². The average Bonchev–Trinajstić information content (AvgIpc) is 3.31. The highest BCUT2D eigenvalue weighted by molar-refractivity contribution is 9.10. The Kier molecular flexibility index (Phi) is 26.1. The van der Waals surface area contributed by atoms with E-state index < -0.39 is 0 Å². The van der Waals surface area contributed by atoms with E-state index in [1.165, 1.54) is 88.8 Å². The molecule has 4 aromatic carbocycles. The molecule has 0 aromatic heterocycles. The van der Waals surface area contributed by atoms with Gasteiger partial charge in [0.1, 0.15) is 11.5 Å². The van der Waals surface area contributed by atoms with Crippen LogP contribution in [0.1, 0.15) is 79.1 Å². The van der Waals surface area contributed by atoms with Crippen LogP contribution < -0.4 is 9.47 Å². The number of esters is 2. The second-order valence-electron chi connectivity index (χ2n) is 14.7. The van der Waals surface area contributed by atoms with Crippen molar-refractivity contribution in [3.05, 3.63) is 126 Å². The van der Waals surface area contributed by atoms with Crippen molar-refractivity contribution in [3.8, 4) is 39.8 Å². The molecule has 0 bridgehead atoms. The number of likely N-dealkylation sites (tertiary alicyclic amines) is 2. The van der Waals surface area contributed by atoms with Crippen molar-refractivity contribution in [2.75, 3.05) is 65.7 Å². The minimum absolute atomic E-state index is 0. The number of nitrogens with zero attached hydrogens (tertiary/aromatic N) is 3. The van der Waals surface area contributed by atoms with E-state index in [-0.39, 0.29) is 13.4 Å². The summed E-state index contributed by atoms with van der Waals surface area (Å²) >= 11 is 3.47. The predicted octanol–water partition coefficient (Wildman–Crippen LogP) is 12.1. The molecule has 2 aliphatic rings. The van der Waals surface area contributed by atoms with Gasteiger partial charge in [0.2, 0.25) is 0 Å². The summed E-state index contributed by atoms with van der Waals surface area (Å²) in [5, 5.41) is 7.32. The summed E-state index contributed by atoms with van der Waals surface area (Å²) in [7, 11) is 0. The quantitative estimate of drug-likeness (QED) is 0.0582. The first-order valence-electron chi connectivity index (χ1n) is 22.0. The van der Waals surface area contributed by atoms with Crippen molar-refractivity contribution in [1.82, 2.24) is 9.80 Å². The van der Waals surface area contributed by atoms with Crippen LogP contribution in [0.5, 0.6) is 11.5 Å². The van der Waals surface area contributed by atoms with Crippen LogP contribution in [-0.2, 0) is 19.1 Å². The molecular formula is C52H68BrN3O6. The Morgan fingerprint density at radius 2 is 1.02 bits per heavy atom. The molecule has 0 atom stereocenters. The number of carbonyl (C=O) groups excluding carboxylic acids is 2. The summed E-state index contributed by atoms with van der Waals surface area (Å²) < 4.78 is 22.2. The lowest BCUT2D eigenvalue weighted by Crippen LogP contribution is -2.31. The monoisotopic (exact) mass is 910 g/mol. The Bertz CT molecular complexity index is 1900. The molecule has 0 amide bonds. The van der Waals surface area contributed by atoms with E-state index >= 15 is 0 Å². The molecule has 2 heterocycles. The van der Waals surface area contributed by atoms with E-state index in [2.05, 4.69) is 110 Å². The molecule has 0 aliphatic carbocycles. The Balaban J connectivity index is 0.000000358. The van der Waals surface area contributed by atoms with Gasteiger partial charge in [0.25, 0.3) is 0 Å². The van der Waals surface area contributed by atoms with Gasteiger partial charge in [0, 0.05) is 38.1 Å². The molecule has 334 valence electrons. The Morgan fingerprint density at radius 3 is 1.39 bits per heavy atom. The molecule has 0 radical (unpaired) electrons. The SMILES string of the molecule is Brc1ccc(-c2ccc(OCCCN3CCCCC3)cc2)cc1.C=CC(=O)OCC.CC#N.CCOC(=O)/C=C/c1ccc(-c2ccc(OCCCN3CCCCC3)cc2)cc1.[2HH]. The van der Waals surface area contributed by atoms with Crippen LogP contribution in [0, 0.1) is 11.3 Å². The lowest BCUT2D eigenvalue weighted by atomic mass is 10.0. The van der Waals surface area contributed by atoms with Crippen LogP contribution in [0.25, 0.3) is 28.3 Å². The first kappa shape index (κ1) is 51.1. The van der Waals surface area contributed by atoms with Crippen LogP contribution in [0.15, 0.2) is 120 Å². The fraction of sp³-hybridized carbons (Fsp3) is 0.404. The summed E-state index contributed by atoms with van der Waals surface area (Å²) in [6.45, 7) is 17.9. The van der Waals surface area contributed by atoms with Crippen LogP contribution in [-0.4, -0.2) is 87.4 Å². The molecule has 62 heavy (non-hydrogen) atoms. The number of ether oxygens (including phenoxy) is 4. The average molecular weight is 912 g/mol. The standard InChI is InChI=1S/C25H31NO3.C20H24BrNO.C5H8O2.C2H3N.H2/c1-2-28-25(27)16-9-21-7-10-22(11-8-21)23-12-14-24(15-13-23)29-20-6-19-26-17-4-3-5-18-26;21-19-9-5-17(6-10-19)18-7-11-20(12-8-18)23-16-4-15-22-13-2-1-3-14-22;1-3-5(6)7-4-2;1-2-3;/h7-16H,2-6,17-20H2,1H3;5-12H,1-4,13-16H2;3H,1,4H2,2H3;1H3;1H/b16-9+;;;;/i;;;;1+1. The lowest BCUT2D eigenvalue weighted by Gasteiger charge is -2.26. The van der Waals surface area contributed by atoms with Crippen LogP contribution in [0.2, 0.25) is 0 Å². The fourth-order valence-corrected chi connectivity index (χ4v) is 7.06. The van der Waals surface area contributed by atoms with E-state index in [9.17, 15) is 9.59 Å². The van der Waals surface area contributed by atoms with E-state index in [1.54, 1.807) is 26.0 Å². The highest BCUT2D eigenvalue weighted by atomic mass is 79.9. The smallest absolute Gasteiger partial charge is 0.330 e. The van der Waals surface area contributed by atoms with Crippen molar-refractivity contribution < 1.29 is 30.0 Å². The van der Waals surface area contributed by atoms with Crippen molar-refractivity contribution >= 4 is 33.9 Å². The van der Waals surface area contributed by atoms with Crippen molar-refractivity contribution in [2.24, 2.45) is 0 Å². The zero-order valence-electron chi connectivity index (χ0n) is 37.1. The number of rotatable bonds is 17. The second-order valence-corrected chi connectivity index (χ2v) is 15.6. The number of halogens is 1. The fourth-order valence-electron chi connectivity index (χ4n) is 6.79. The topological polar surface area (TPSA) is 101 Å². The molecule has 2 aliphatic heterocycles. The van der Waals surface area contributed by atoms with Crippen LogP contribution >= 0.6 is 15.9 Å². The van der Waals surface area contributed by atoms with Crippen LogP contribution in [0.3, 0.4) is 0 Å². The van der Waals surface area contributed by atoms with Crippen molar-refractivity contribution in [3.63, 3.8) is 0 Å². The minimum atomic E-state index is -0.359. The highest BCUT2D eigenvalue weighted by Crippen LogP contribution is 2.25. The third-order valence-corrected chi connectivity index (χ3v) is 10.5. The van der Waals surface area contributed by atoms with Gasteiger partial charge in [-0.25, -0.2) is 9.59 Å². The predicted molar refractivity (Wildman–Crippen MR) is 258 cm³/mol. The molecule has 4 aromatic rings. The van der Waals surface area contributed by atoms with Gasteiger partial charge in [-0.15, -0.1) is 0 Å². The molecule has 0 N–H and O–H groups in total. The molecule has 0 unspecified atom stereocenters. The van der Waals surface area contributed by atoms with Gasteiger partial charge in [0.15, 0.2) is 0 Å². The van der Waals surface area contributed by atoms with E-state index in [0.29, 0.717) is 13.2 Å². The van der Waals surface area contributed by atoms with Crippen LogP contribution in [0.4, 0.5) is 0 Å². The first-order valence-corrected chi connectivity index (χ1v) is 22.8. The third-order valence-electron chi connectivity index (χ3n) is 9.95. The summed E-state index contributed by atoms with van der Waals surface area (Å²) in [5.41, 5.74) is 5.69. The summed E-state index contributed by atoms with van der Waals surface area (Å²) in [6, 6.07) is 34.9. The van der Waals surface area contributed by atoms with Gasteiger partial charge in [-0.2, -0.15) is 5.26 Å². The van der Waals surface area contributed by atoms with Gasteiger partial charge >= 0.3 is 11.9 Å². The van der Waals surface area contributed by atoms with E-state index in [4.69, 9.17) is 19.5 Å². The number of nitriles is 1. The molecule has 9 nitrogen and oxygen atoms in total. The van der Waals surface area contributed by atoms with E-state index in [0.717, 1.165) is 77.9 Å². The molecular weight excluding hydrogens is 842 g/mol. The van der Waals surface area contributed by atoms with Crippen molar-refractivity contribution in [1.29, 1.82) is 5.26 Å².